The Balaban J connectivity index is 2.31. The van der Waals surface area contributed by atoms with Crippen molar-refractivity contribution in [3.63, 3.8) is 0 Å². The van der Waals surface area contributed by atoms with Crippen LogP contribution in [0.15, 0.2) is 18.2 Å². The third-order valence-corrected chi connectivity index (χ3v) is 4.21. The van der Waals surface area contributed by atoms with Gasteiger partial charge >= 0.3 is 0 Å². The van der Waals surface area contributed by atoms with Crippen molar-refractivity contribution in [1.29, 1.82) is 5.26 Å². The molecule has 5 nitrogen and oxygen atoms in total. The lowest BCUT2D eigenvalue weighted by molar-refractivity contribution is 0.404. The number of benzene rings is 1. The second kappa shape index (κ2) is 5.23. The maximum Gasteiger partial charge on any atom is 0.158 e. The second-order valence-electron chi connectivity index (χ2n) is 5.84. The Kier molecular flexibility index (Phi) is 3.38. The number of pyridine rings is 1. The molecule has 0 spiro atoms. The summed E-state index contributed by atoms with van der Waals surface area (Å²) in [7, 11) is 0. The summed E-state index contributed by atoms with van der Waals surface area (Å²) in [6.45, 7) is 2.17. The third-order valence-electron chi connectivity index (χ3n) is 4.21. The molecule has 1 aromatic heterocycles. The van der Waals surface area contributed by atoms with E-state index in [2.05, 4.69) is 18.0 Å². The number of anilines is 1. The molecule has 1 atom stereocenters. The lowest BCUT2D eigenvalue weighted by atomic mass is 9.82. The fourth-order valence-electron chi connectivity index (χ4n) is 3.06. The number of nitriles is 1. The molecule has 0 saturated heterocycles. The van der Waals surface area contributed by atoms with Crippen molar-refractivity contribution in [3.8, 4) is 28.7 Å². The van der Waals surface area contributed by atoms with Gasteiger partial charge in [-0.2, -0.15) is 5.26 Å². The molecule has 112 valence electrons. The van der Waals surface area contributed by atoms with Crippen molar-refractivity contribution >= 4 is 5.82 Å². The number of phenolic OH excluding ortho intramolecular Hbond substituents is 2. The minimum atomic E-state index is -0.214. The minimum Gasteiger partial charge on any atom is -0.504 e. The number of phenols is 2. The van der Waals surface area contributed by atoms with E-state index >= 15 is 0 Å². The first kappa shape index (κ1) is 14.2. The highest BCUT2D eigenvalue weighted by Crippen LogP contribution is 2.39. The monoisotopic (exact) mass is 295 g/mol. The van der Waals surface area contributed by atoms with E-state index in [1.165, 1.54) is 12.1 Å². The van der Waals surface area contributed by atoms with E-state index in [-0.39, 0.29) is 17.3 Å². The number of nitrogens with zero attached hydrogens (tertiary/aromatic N) is 2. The second-order valence-corrected chi connectivity index (χ2v) is 5.84. The number of hydrogen-bond acceptors (Lipinski definition) is 5. The summed E-state index contributed by atoms with van der Waals surface area (Å²) in [6, 6.07) is 6.70. The SMILES string of the molecule is CC1CCc2nc(N)c(C#N)c(-c3ccc(O)c(O)c3)c2C1. The molecule has 1 unspecified atom stereocenters. The highest BCUT2D eigenvalue weighted by atomic mass is 16.3. The van der Waals surface area contributed by atoms with E-state index in [0.29, 0.717) is 17.0 Å². The van der Waals surface area contributed by atoms with Gasteiger partial charge in [-0.3, -0.25) is 0 Å². The summed E-state index contributed by atoms with van der Waals surface area (Å²) in [5, 5.41) is 28.7. The smallest absolute Gasteiger partial charge is 0.158 e. The first-order valence-corrected chi connectivity index (χ1v) is 7.25. The molecule has 1 aromatic carbocycles. The molecule has 22 heavy (non-hydrogen) atoms. The van der Waals surface area contributed by atoms with Gasteiger partial charge in [0.25, 0.3) is 0 Å². The predicted octanol–water partition coefficient (Wildman–Crippen LogP) is 2.74. The van der Waals surface area contributed by atoms with Crippen LogP contribution in [0.4, 0.5) is 5.82 Å². The van der Waals surface area contributed by atoms with Crippen LogP contribution in [0.2, 0.25) is 0 Å². The summed E-state index contributed by atoms with van der Waals surface area (Å²) >= 11 is 0. The Bertz CT molecular complexity index is 793. The summed E-state index contributed by atoms with van der Waals surface area (Å²) in [5.74, 6) is 0.327. The number of nitrogens with two attached hydrogens (primary N) is 1. The van der Waals surface area contributed by atoms with E-state index in [1.807, 2.05) is 0 Å². The van der Waals surface area contributed by atoms with Gasteiger partial charge in [0.15, 0.2) is 11.5 Å². The van der Waals surface area contributed by atoms with E-state index in [4.69, 9.17) is 5.73 Å². The molecular formula is C17H17N3O2. The number of rotatable bonds is 1. The van der Waals surface area contributed by atoms with Crippen molar-refractivity contribution in [2.75, 3.05) is 5.73 Å². The van der Waals surface area contributed by atoms with Crippen LogP contribution in [-0.4, -0.2) is 15.2 Å². The molecule has 0 bridgehead atoms. The molecular weight excluding hydrogens is 278 g/mol. The molecule has 3 rings (SSSR count). The molecule has 1 aliphatic carbocycles. The summed E-state index contributed by atoms with van der Waals surface area (Å²) in [4.78, 5) is 4.39. The Morgan fingerprint density at radius 3 is 2.77 bits per heavy atom. The lowest BCUT2D eigenvalue weighted by Gasteiger charge is -2.25. The predicted molar refractivity (Wildman–Crippen MR) is 83.3 cm³/mol. The van der Waals surface area contributed by atoms with Gasteiger partial charge in [0.1, 0.15) is 17.5 Å². The highest BCUT2D eigenvalue weighted by Gasteiger charge is 2.25. The minimum absolute atomic E-state index is 0.188. The van der Waals surface area contributed by atoms with Crippen LogP contribution < -0.4 is 5.73 Å². The van der Waals surface area contributed by atoms with Crippen LogP contribution in [0.25, 0.3) is 11.1 Å². The zero-order valence-electron chi connectivity index (χ0n) is 12.3. The van der Waals surface area contributed by atoms with Gasteiger partial charge in [0, 0.05) is 11.3 Å². The topological polar surface area (TPSA) is 103 Å². The van der Waals surface area contributed by atoms with E-state index in [0.717, 1.165) is 36.1 Å². The highest BCUT2D eigenvalue weighted by molar-refractivity contribution is 5.80. The summed E-state index contributed by atoms with van der Waals surface area (Å²) in [6.07, 6.45) is 2.71. The van der Waals surface area contributed by atoms with Crippen LogP contribution in [0.1, 0.15) is 30.2 Å². The summed E-state index contributed by atoms with van der Waals surface area (Å²) < 4.78 is 0. The molecule has 1 aliphatic rings. The van der Waals surface area contributed by atoms with E-state index in [9.17, 15) is 15.5 Å². The van der Waals surface area contributed by atoms with Gasteiger partial charge in [-0.1, -0.05) is 13.0 Å². The van der Waals surface area contributed by atoms with Gasteiger partial charge in [0.2, 0.25) is 0 Å². The van der Waals surface area contributed by atoms with Gasteiger partial charge in [-0.15, -0.1) is 0 Å². The van der Waals surface area contributed by atoms with Crippen molar-refractivity contribution < 1.29 is 10.2 Å². The quantitative estimate of drug-likeness (QED) is 0.702. The molecule has 0 aliphatic heterocycles. The first-order valence-electron chi connectivity index (χ1n) is 7.25. The standard InChI is InChI=1S/C17H17N3O2/c1-9-2-4-13-11(6-9)16(12(8-18)17(19)20-13)10-3-5-14(21)15(22)7-10/h3,5,7,9,21-22H,2,4,6H2,1H3,(H2,19,20). The van der Waals surface area contributed by atoms with Crippen molar-refractivity contribution in [2.45, 2.75) is 26.2 Å². The third kappa shape index (κ3) is 2.23. The number of aromatic hydroxyl groups is 2. The van der Waals surface area contributed by atoms with Gasteiger partial charge < -0.3 is 15.9 Å². The van der Waals surface area contributed by atoms with Gasteiger partial charge in [-0.05, 0) is 48.4 Å². The first-order chi connectivity index (χ1) is 10.5. The number of aromatic nitrogens is 1. The molecule has 2 aromatic rings. The maximum absolute atomic E-state index is 9.77. The van der Waals surface area contributed by atoms with Crippen LogP contribution in [-0.2, 0) is 12.8 Å². The Labute approximate surface area is 128 Å². The average molecular weight is 295 g/mol. The average Bonchev–Trinajstić information content (AvgIpc) is 2.49. The number of hydrogen-bond donors (Lipinski definition) is 3. The van der Waals surface area contributed by atoms with Crippen molar-refractivity contribution in [3.05, 3.63) is 35.0 Å². The lowest BCUT2D eigenvalue weighted by Crippen LogP contribution is -2.16. The zero-order chi connectivity index (χ0) is 15.9. The largest absolute Gasteiger partial charge is 0.504 e. The fourth-order valence-corrected chi connectivity index (χ4v) is 3.06. The van der Waals surface area contributed by atoms with Crippen molar-refractivity contribution in [1.82, 2.24) is 4.98 Å². The number of nitrogen functional groups attached to an aromatic ring is 1. The number of fused-ring (bicyclic) bond motifs is 1. The molecule has 0 saturated carbocycles. The fraction of sp³-hybridized carbons (Fsp3) is 0.294. The van der Waals surface area contributed by atoms with Crippen LogP contribution in [0.3, 0.4) is 0 Å². The normalized spacial score (nSPS) is 16.8. The Morgan fingerprint density at radius 1 is 1.32 bits per heavy atom. The number of aryl methyl sites for hydroxylation is 1. The molecule has 0 amide bonds. The summed E-state index contributed by atoms with van der Waals surface area (Å²) in [5.41, 5.74) is 9.63. The molecule has 0 radical (unpaired) electrons. The molecule has 5 heteroatoms. The van der Waals surface area contributed by atoms with E-state index < -0.39 is 0 Å². The Hall–Kier alpha value is -2.74. The van der Waals surface area contributed by atoms with Crippen LogP contribution in [0.5, 0.6) is 11.5 Å². The zero-order valence-corrected chi connectivity index (χ0v) is 12.3. The van der Waals surface area contributed by atoms with E-state index in [1.54, 1.807) is 6.07 Å². The maximum atomic E-state index is 9.77. The van der Waals surface area contributed by atoms with Gasteiger partial charge in [-0.25, -0.2) is 4.98 Å². The molecule has 4 N–H and O–H groups in total. The Morgan fingerprint density at radius 2 is 2.09 bits per heavy atom. The molecule has 1 heterocycles. The van der Waals surface area contributed by atoms with Crippen LogP contribution >= 0.6 is 0 Å². The van der Waals surface area contributed by atoms with Crippen LogP contribution in [0, 0.1) is 17.2 Å². The van der Waals surface area contributed by atoms with Crippen molar-refractivity contribution in [2.24, 2.45) is 5.92 Å². The molecule has 0 fully saturated rings. The van der Waals surface area contributed by atoms with Gasteiger partial charge in [0.05, 0.1) is 0 Å².